The summed E-state index contributed by atoms with van der Waals surface area (Å²) in [5.41, 5.74) is 2.96. The molecular weight excluding hydrogens is 398 g/mol. The Morgan fingerprint density at radius 3 is 2.40 bits per heavy atom. The van der Waals surface area contributed by atoms with Crippen LogP contribution in [0.3, 0.4) is 0 Å². The Hall–Kier alpha value is -3.75. The van der Waals surface area contributed by atoms with Crippen molar-refractivity contribution in [1.29, 1.82) is 0 Å². The smallest absolute Gasteiger partial charge is 0.387 e. The first kappa shape index (κ1) is 22.5. The molecule has 0 saturated heterocycles. The summed E-state index contributed by atoms with van der Waals surface area (Å²) in [5, 5.41) is 4.59. The highest BCUT2D eigenvalue weighted by molar-refractivity contribution is 6.02. The third-order valence-electron chi connectivity index (χ3n) is 3.75. The molecule has 0 heterocycles. The third kappa shape index (κ3) is 7.70. The predicted molar refractivity (Wildman–Crippen MR) is 106 cm³/mol. The quantitative estimate of drug-likeness (QED) is 0.527. The van der Waals surface area contributed by atoms with E-state index in [9.17, 15) is 23.2 Å². The van der Waals surface area contributed by atoms with Crippen LogP contribution in [0.15, 0.2) is 48.5 Å². The van der Waals surface area contributed by atoms with Crippen LogP contribution in [0.4, 0.5) is 19.3 Å². The molecule has 0 spiro atoms. The number of amides is 3. The number of hydrogen-bond acceptors (Lipinski definition) is 5. The second kappa shape index (κ2) is 10.7. The number of imide groups is 1. The molecule has 2 rings (SSSR count). The number of rotatable bonds is 7. The van der Waals surface area contributed by atoms with Gasteiger partial charge in [0.05, 0.1) is 0 Å². The summed E-state index contributed by atoms with van der Waals surface area (Å²) in [5.74, 6) is -1.62. The molecule has 0 aliphatic carbocycles. The number of aryl methyl sites for hydroxylation is 2. The number of anilines is 1. The van der Waals surface area contributed by atoms with Crippen molar-refractivity contribution in [3.63, 3.8) is 0 Å². The number of esters is 1. The van der Waals surface area contributed by atoms with Gasteiger partial charge in [-0.2, -0.15) is 8.78 Å². The average Bonchev–Trinajstić information content (AvgIpc) is 2.67. The van der Waals surface area contributed by atoms with E-state index in [4.69, 9.17) is 4.74 Å². The van der Waals surface area contributed by atoms with E-state index in [0.717, 1.165) is 17.2 Å². The number of halogens is 2. The third-order valence-corrected chi connectivity index (χ3v) is 3.75. The minimum atomic E-state index is -2.92. The van der Waals surface area contributed by atoms with Gasteiger partial charge in [-0.3, -0.25) is 10.1 Å². The molecule has 2 aromatic rings. The molecule has 9 heteroatoms. The van der Waals surface area contributed by atoms with Crippen molar-refractivity contribution in [2.24, 2.45) is 0 Å². The highest BCUT2D eigenvalue weighted by Gasteiger charge is 2.11. The van der Waals surface area contributed by atoms with E-state index in [1.54, 1.807) is 6.07 Å². The number of nitrogens with one attached hydrogen (secondary N) is 2. The molecule has 3 amide bonds. The van der Waals surface area contributed by atoms with Crippen LogP contribution in [-0.2, 0) is 14.3 Å². The van der Waals surface area contributed by atoms with Gasteiger partial charge < -0.3 is 14.8 Å². The Balaban J connectivity index is 1.76. The zero-order valence-electron chi connectivity index (χ0n) is 16.3. The van der Waals surface area contributed by atoms with E-state index in [1.807, 2.05) is 26.0 Å². The summed E-state index contributed by atoms with van der Waals surface area (Å²) in [4.78, 5) is 35.3. The van der Waals surface area contributed by atoms with Crippen molar-refractivity contribution in [2.45, 2.75) is 20.5 Å². The van der Waals surface area contributed by atoms with E-state index < -0.39 is 31.1 Å². The molecule has 0 unspecified atom stereocenters. The van der Waals surface area contributed by atoms with Crippen LogP contribution in [0.1, 0.15) is 16.7 Å². The van der Waals surface area contributed by atoms with Crippen LogP contribution in [0.2, 0.25) is 0 Å². The topological polar surface area (TPSA) is 93.7 Å². The van der Waals surface area contributed by atoms with Crippen LogP contribution in [0.5, 0.6) is 5.75 Å². The molecule has 0 bridgehead atoms. The van der Waals surface area contributed by atoms with Crippen LogP contribution in [0, 0.1) is 13.8 Å². The number of benzene rings is 2. The molecule has 0 saturated carbocycles. The van der Waals surface area contributed by atoms with E-state index in [2.05, 4.69) is 15.4 Å². The Labute approximate surface area is 171 Å². The van der Waals surface area contributed by atoms with Crippen molar-refractivity contribution in [1.82, 2.24) is 5.32 Å². The maximum atomic E-state index is 12.1. The van der Waals surface area contributed by atoms with Gasteiger partial charge in [0.2, 0.25) is 0 Å². The summed E-state index contributed by atoms with van der Waals surface area (Å²) in [6.07, 6.45) is 2.44. The maximum absolute atomic E-state index is 12.1. The van der Waals surface area contributed by atoms with Gasteiger partial charge in [-0.25, -0.2) is 9.59 Å². The molecule has 0 aliphatic rings. The first-order valence-electron chi connectivity index (χ1n) is 8.81. The number of ether oxygens (including phenoxy) is 2. The van der Waals surface area contributed by atoms with Crippen molar-refractivity contribution in [3.8, 4) is 5.75 Å². The van der Waals surface area contributed by atoms with Crippen LogP contribution >= 0.6 is 0 Å². The van der Waals surface area contributed by atoms with Crippen LogP contribution in [0.25, 0.3) is 6.08 Å². The number of hydrogen-bond donors (Lipinski definition) is 2. The minimum Gasteiger partial charge on any atom is -0.452 e. The van der Waals surface area contributed by atoms with E-state index in [-0.39, 0.29) is 5.75 Å². The Morgan fingerprint density at radius 1 is 1.07 bits per heavy atom. The van der Waals surface area contributed by atoms with Gasteiger partial charge in [0.15, 0.2) is 6.61 Å². The van der Waals surface area contributed by atoms with E-state index in [0.29, 0.717) is 11.3 Å². The summed E-state index contributed by atoms with van der Waals surface area (Å²) in [6.45, 7) is 0.165. The van der Waals surface area contributed by atoms with Gasteiger partial charge in [-0.1, -0.05) is 29.8 Å². The average molecular weight is 418 g/mol. The lowest BCUT2D eigenvalue weighted by Crippen LogP contribution is -2.37. The number of alkyl halides is 2. The Bertz CT molecular complexity index is 943. The summed E-state index contributed by atoms with van der Waals surface area (Å²) < 4.78 is 33.1. The highest BCUT2D eigenvalue weighted by Crippen LogP contribution is 2.16. The first-order valence-corrected chi connectivity index (χ1v) is 8.81. The summed E-state index contributed by atoms with van der Waals surface area (Å²) in [6, 6.07) is 10.2. The molecule has 158 valence electrons. The lowest BCUT2D eigenvalue weighted by atomic mass is 10.1. The molecule has 0 radical (unpaired) electrons. The number of urea groups is 1. The second-order valence-corrected chi connectivity index (χ2v) is 6.21. The van der Waals surface area contributed by atoms with Crippen molar-refractivity contribution in [2.75, 3.05) is 11.9 Å². The molecule has 0 atom stereocenters. The van der Waals surface area contributed by atoms with Crippen molar-refractivity contribution >= 4 is 29.7 Å². The van der Waals surface area contributed by atoms with Gasteiger partial charge in [0, 0.05) is 11.8 Å². The van der Waals surface area contributed by atoms with Gasteiger partial charge in [-0.05, 0) is 49.2 Å². The van der Waals surface area contributed by atoms with Gasteiger partial charge in [0.1, 0.15) is 5.75 Å². The monoisotopic (exact) mass is 418 g/mol. The van der Waals surface area contributed by atoms with E-state index in [1.165, 1.54) is 30.3 Å². The second-order valence-electron chi connectivity index (χ2n) is 6.21. The molecule has 2 aromatic carbocycles. The SMILES string of the molecule is Cc1ccc(NC(=O)NC(=O)COC(=O)/C=C/c2ccc(OC(F)F)cc2)c(C)c1. The fourth-order valence-corrected chi connectivity index (χ4v) is 2.38. The molecule has 7 nitrogen and oxygen atoms in total. The van der Waals surface area contributed by atoms with Gasteiger partial charge >= 0.3 is 18.6 Å². The first-order chi connectivity index (χ1) is 14.2. The standard InChI is InChI=1S/C21H20F2N2O5/c1-13-3-9-17(14(2)11-13)24-21(28)25-18(26)12-29-19(27)10-6-15-4-7-16(8-5-15)30-20(22)23/h3-11,20H,12H2,1-2H3,(H2,24,25,26,28)/b10-6+. The number of carbonyl (C=O) groups is 3. The van der Waals surface area contributed by atoms with Gasteiger partial charge in [-0.15, -0.1) is 0 Å². The predicted octanol–water partition coefficient (Wildman–Crippen LogP) is 3.81. The Morgan fingerprint density at radius 2 is 1.77 bits per heavy atom. The lowest BCUT2D eigenvalue weighted by molar-refractivity contribution is -0.143. The molecular formula is C21H20F2N2O5. The van der Waals surface area contributed by atoms with Crippen molar-refractivity contribution in [3.05, 3.63) is 65.2 Å². The summed E-state index contributed by atoms with van der Waals surface area (Å²) >= 11 is 0. The molecule has 0 fully saturated rings. The Kier molecular flexibility index (Phi) is 8.04. The molecule has 2 N–H and O–H groups in total. The fourth-order valence-electron chi connectivity index (χ4n) is 2.38. The van der Waals surface area contributed by atoms with Gasteiger partial charge in [0.25, 0.3) is 5.91 Å². The maximum Gasteiger partial charge on any atom is 0.387 e. The normalized spacial score (nSPS) is 10.7. The minimum absolute atomic E-state index is 0.0134. The number of carbonyl (C=O) groups excluding carboxylic acids is 3. The highest BCUT2D eigenvalue weighted by atomic mass is 19.3. The van der Waals surface area contributed by atoms with E-state index >= 15 is 0 Å². The largest absolute Gasteiger partial charge is 0.452 e. The molecule has 0 aromatic heterocycles. The molecule has 30 heavy (non-hydrogen) atoms. The molecule has 0 aliphatic heterocycles. The lowest BCUT2D eigenvalue weighted by Gasteiger charge is -2.09. The fraction of sp³-hybridized carbons (Fsp3) is 0.190. The van der Waals surface area contributed by atoms with Crippen molar-refractivity contribution < 1.29 is 32.6 Å². The zero-order chi connectivity index (χ0) is 22.1. The zero-order valence-corrected chi connectivity index (χ0v) is 16.3. The van der Waals surface area contributed by atoms with Crippen LogP contribution < -0.4 is 15.4 Å². The summed E-state index contributed by atoms with van der Waals surface area (Å²) in [7, 11) is 0. The van der Waals surface area contributed by atoms with Crippen LogP contribution in [-0.4, -0.2) is 31.1 Å².